The van der Waals surface area contributed by atoms with E-state index in [4.69, 9.17) is 0 Å². The van der Waals surface area contributed by atoms with Gasteiger partial charge >= 0.3 is 0 Å². The summed E-state index contributed by atoms with van der Waals surface area (Å²) in [5.41, 5.74) is 2.97. The van der Waals surface area contributed by atoms with Crippen LogP contribution in [0.4, 0.5) is 0 Å². The molecule has 2 nitrogen and oxygen atoms in total. The Bertz CT molecular complexity index is 731. The SMILES string of the molecule is CC(C)(C)c1cc(/C=C2\C=C(Br)C=CC2=O)cc(C(C)(C)C)c1O. The van der Waals surface area contributed by atoms with Gasteiger partial charge in [0.15, 0.2) is 5.78 Å². The molecule has 0 spiro atoms. The zero-order valence-electron chi connectivity index (χ0n) is 15.2. The highest BCUT2D eigenvalue weighted by molar-refractivity contribution is 9.11. The monoisotopic (exact) mass is 388 g/mol. The van der Waals surface area contributed by atoms with E-state index in [1.165, 1.54) is 0 Å². The number of phenolic OH excluding ortho intramolecular Hbond substituents is 1. The smallest absolute Gasteiger partial charge is 0.185 e. The standard InChI is InChI=1S/C21H25BrO2/c1-20(2,3)16-10-13(11-17(19(16)24)21(4,5)6)9-14-12-15(22)7-8-18(14)23/h7-12,24H,1-6H3/b14-9+. The van der Waals surface area contributed by atoms with Crippen molar-refractivity contribution in [2.24, 2.45) is 0 Å². The first-order chi connectivity index (χ1) is 10.9. The molecule has 1 aliphatic rings. The lowest BCUT2D eigenvalue weighted by atomic mass is 9.78. The number of ketones is 1. The average molecular weight is 389 g/mol. The fourth-order valence-electron chi connectivity index (χ4n) is 2.70. The van der Waals surface area contributed by atoms with Gasteiger partial charge in [0, 0.05) is 21.2 Å². The first-order valence-corrected chi connectivity index (χ1v) is 8.88. The van der Waals surface area contributed by atoms with E-state index in [2.05, 4.69) is 57.5 Å². The van der Waals surface area contributed by atoms with Gasteiger partial charge in [0.1, 0.15) is 5.75 Å². The molecule has 2 rings (SSSR count). The Morgan fingerprint density at radius 3 is 1.92 bits per heavy atom. The van der Waals surface area contributed by atoms with E-state index in [0.29, 0.717) is 11.3 Å². The van der Waals surface area contributed by atoms with Crippen molar-refractivity contribution in [1.29, 1.82) is 0 Å². The van der Waals surface area contributed by atoms with Gasteiger partial charge in [-0.1, -0.05) is 57.5 Å². The molecule has 0 radical (unpaired) electrons. The minimum atomic E-state index is -0.189. The Labute approximate surface area is 153 Å². The Hall–Kier alpha value is -1.61. The van der Waals surface area contributed by atoms with Crippen molar-refractivity contribution < 1.29 is 9.90 Å². The molecule has 0 bridgehead atoms. The number of carbonyl (C=O) groups excluding carboxylic acids is 1. The number of rotatable bonds is 1. The largest absolute Gasteiger partial charge is 0.507 e. The highest BCUT2D eigenvalue weighted by atomic mass is 79.9. The Kier molecular flexibility index (Phi) is 4.96. The van der Waals surface area contributed by atoms with Gasteiger partial charge in [-0.05, 0) is 52.8 Å². The highest BCUT2D eigenvalue weighted by Crippen LogP contribution is 2.40. The molecule has 0 atom stereocenters. The molecule has 1 aromatic rings. The fourth-order valence-corrected chi connectivity index (χ4v) is 3.07. The van der Waals surface area contributed by atoms with E-state index in [-0.39, 0.29) is 16.6 Å². The Balaban J connectivity index is 2.68. The Morgan fingerprint density at radius 2 is 1.46 bits per heavy atom. The van der Waals surface area contributed by atoms with Gasteiger partial charge in [-0.2, -0.15) is 0 Å². The number of halogens is 1. The maximum Gasteiger partial charge on any atom is 0.185 e. The molecule has 128 valence electrons. The highest BCUT2D eigenvalue weighted by Gasteiger charge is 2.26. The van der Waals surface area contributed by atoms with Crippen LogP contribution in [-0.2, 0) is 15.6 Å². The summed E-state index contributed by atoms with van der Waals surface area (Å²) in [4.78, 5) is 12.1. The molecule has 3 heteroatoms. The summed E-state index contributed by atoms with van der Waals surface area (Å²) in [5.74, 6) is 0.338. The number of phenols is 1. The van der Waals surface area contributed by atoms with Gasteiger partial charge in [-0.15, -0.1) is 0 Å². The molecule has 0 fully saturated rings. The van der Waals surface area contributed by atoms with Gasteiger partial charge in [-0.25, -0.2) is 0 Å². The van der Waals surface area contributed by atoms with Crippen LogP contribution in [0.3, 0.4) is 0 Å². The second kappa shape index (κ2) is 6.36. The second-order valence-electron chi connectivity index (χ2n) is 8.29. The molecular weight excluding hydrogens is 364 g/mol. The predicted molar refractivity (Wildman–Crippen MR) is 105 cm³/mol. The van der Waals surface area contributed by atoms with Crippen molar-refractivity contribution in [2.75, 3.05) is 0 Å². The van der Waals surface area contributed by atoms with Gasteiger partial charge in [0.05, 0.1) is 0 Å². The summed E-state index contributed by atoms with van der Waals surface area (Å²) in [6, 6.07) is 3.95. The van der Waals surface area contributed by atoms with Crippen LogP contribution in [0.15, 0.2) is 40.4 Å². The van der Waals surface area contributed by atoms with Crippen LogP contribution in [0.25, 0.3) is 6.08 Å². The van der Waals surface area contributed by atoms with Gasteiger partial charge < -0.3 is 5.11 Å². The van der Waals surface area contributed by atoms with Crippen LogP contribution in [0, 0.1) is 0 Å². The van der Waals surface area contributed by atoms with E-state index in [9.17, 15) is 9.90 Å². The lowest BCUT2D eigenvalue weighted by molar-refractivity contribution is -0.111. The maximum absolute atomic E-state index is 12.1. The van der Waals surface area contributed by atoms with Crippen molar-refractivity contribution in [1.82, 2.24) is 0 Å². The van der Waals surface area contributed by atoms with Gasteiger partial charge in [0.25, 0.3) is 0 Å². The number of aromatic hydroxyl groups is 1. The summed E-state index contributed by atoms with van der Waals surface area (Å²) in [6.45, 7) is 12.5. The number of carbonyl (C=O) groups is 1. The van der Waals surface area contributed by atoms with Crippen LogP contribution in [0.5, 0.6) is 5.75 Å². The van der Waals surface area contributed by atoms with Crippen LogP contribution >= 0.6 is 15.9 Å². The van der Waals surface area contributed by atoms with E-state index in [0.717, 1.165) is 21.2 Å². The normalized spacial score (nSPS) is 17.4. The third-order valence-electron chi connectivity index (χ3n) is 4.04. The second-order valence-corrected chi connectivity index (χ2v) is 9.21. The zero-order valence-corrected chi connectivity index (χ0v) is 16.8. The summed E-state index contributed by atoms with van der Waals surface area (Å²) >= 11 is 3.41. The molecule has 1 aliphatic carbocycles. The maximum atomic E-state index is 12.1. The average Bonchev–Trinajstić information content (AvgIpc) is 2.42. The molecule has 0 unspecified atom stereocenters. The van der Waals surface area contributed by atoms with E-state index in [1.807, 2.05) is 24.3 Å². The van der Waals surface area contributed by atoms with E-state index >= 15 is 0 Å². The fraction of sp³-hybridized carbons (Fsp3) is 0.381. The summed E-state index contributed by atoms with van der Waals surface area (Å²) in [7, 11) is 0. The van der Waals surface area contributed by atoms with Gasteiger partial charge in [0.2, 0.25) is 0 Å². The van der Waals surface area contributed by atoms with Crippen molar-refractivity contribution in [2.45, 2.75) is 52.4 Å². The molecule has 1 aromatic carbocycles. The third-order valence-corrected chi connectivity index (χ3v) is 4.54. The van der Waals surface area contributed by atoms with Gasteiger partial charge in [-0.3, -0.25) is 4.79 Å². The minimum Gasteiger partial charge on any atom is -0.507 e. The number of hydrogen-bond acceptors (Lipinski definition) is 2. The predicted octanol–water partition coefficient (Wildman–Crippen LogP) is 5.79. The first-order valence-electron chi connectivity index (χ1n) is 8.09. The summed E-state index contributed by atoms with van der Waals surface area (Å²) in [5, 5.41) is 10.8. The van der Waals surface area contributed by atoms with Crippen molar-refractivity contribution in [3.8, 4) is 5.75 Å². The molecule has 0 heterocycles. The van der Waals surface area contributed by atoms with Crippen molar-refractivity contribution in [3.63, 3.8) is 0 Å². The lowest BCUT2D eigenvalue weighted by Crippen LogP contribution is -2.17. The molecule has 0 saturated heterocycles. The van der Waals surface area contributed by atoms with E-state index in [1.54, 1.807) is 12.2 Å². The molecule has 0 saturated carbocycles. The zero-order chi connectivity index (χ0) is 18.3. The molecule has 1 N–H and O–H groups in total. The topological polar surface area (TPSA) is 37.3 Å². The van der Waals surface area contributed by atoms with Crippen LogP contribution in [0.1, 0.15) is 58.2 Å². The van der Waals surface area contributed by atoms with Crippen LogP contribution in [-0.4, -0.2) is 10.9 Å². The molecule has 0 amide bonds. The number of allylic oxidation sites excluding steroid dienone is 5. The lowest BCUT2D eigenvalue weighted by Gasteiger charge is -2.28. The molecule has 0 aliphatic heterocycles. The minimum absolute atomic E-state index is 0.0131. The molecule has 0 aromatic heterocycles. The first kappa shape index (κ1) is 18.7. The van der Waals surface area contributed by atoms with Crippen LogP contribution < -0.4 is 0 Å². The Morgan fingerprint density at radius 1 is 0.958 bits per heavy atom. The quantitative estimate of drug-likeness (QED) is 0.618. The number of hydrogen-bond donors (Lipinski definition) is 1. The van der Waals surface area contributed by atoms with Crippen molar-refractivity contribution >= 4 is 27.8 Å². The molecule has 24 heavy (non-hydrogen) atoms. The summed E-state index contributed by atoms with van der Waals surface area (Å²) < 4.78 is 0.874. The summed E-state index contributed by atoms with van der Waals surface area (Å²) in [6.07, 6.45) is 7.02. The van der Waals surface area contributed by atoms with Crippen LogP contribution in [0.2, 0.25) is 0 Å². The number of benzene rings is 1. The molecular formula is C21H25BrO2. The van der Waals surface area contributed by atoms with E-state index < -0.39 is 0 Å². The van der Waals surface area contributed by atoms with Crippen molar-refractivity contribution in [3.05, 3.63) is 57.1 Å². The third kappa shape index (κ3) is 4.07.